The molecule has 0 atom stereocenters. The van der Waals surface area contributed by atoms with Crippen LogP contribution < -0.4 is 14.8 Å². The number of rotatable bonds is 8. The van der Waals surface area contributed by atoms with Crippen LogP contribution in [0.4, 0.5) is 0 Å². The van der Waals surface area contributed by atoms with Gasteiger partial charge in [-0.3, -0.25) is 9.69 Å². The number of piperidine rings is 1. The van der Waals surface area contributed by atoms with E-state index in [9.17, 15) is 4.79 Å². The Morgan fingerprint density at radius 3 is 2.34 bits per heavy atom. The minimum absolute atomic E-state index is 0.0904. The van der Waals surface area contributed by atoms with Crippen LogP contribution >= 0.6 is 0 Å². The summed E-state index contributed by atoms with van der Waals surface area (Å²) in [6, 6.07) is 14.2. The van der Waals surface area contributed by atoms with Gasteiger partial charge in [-0.05, 0) is 61.9 Å². The first-order chi connectivity index (χ1) is 14.0. The molecule has 0 aromatic heterocycles. The predicted octanol–water partition coefficient (Wildman–Crippen LogP) is 3.51. The molecule has 0 saturated carbocycles. The van der Waals surface area contributed by atoms with Gasteiger partial charge in [-0.1, -0.05) is 30.3 Å². The van der Waals surface area contributed by atoms with Gasteiger partial charge in [0.2, 0.25) is 5.91 Å². The fraction of sp³-hybridized carbons (Fsp3) is 0.458. The van der Waals surface area contributed by atoms with E-state index in [0.29, 0.717) is 13.1 Å². The minimum atomic E-state index is 0.0904. The number of carbonyl (C=O) groups excluding carboxylic acids is 1. The summed E-state index contributed by atoms with van der Waals surface area (Å²) in [6.07, 6.45) is 2.95. The number of methoxy groups -OCH3 is 1. The van der Waals surface area contributed by atoms with Gasteiger partial charge in [0, 0.05) is 19.6 Å². The van der Waals surface area contributed by atoms with Crippen molar-refractivity contribution in [3.63, 3.8) is 0 Å². The van der Waals surface area contributed by atoms with Crippen LogP contribution in [0, 0.1) is 13.8 Å². The van der Waals surface area contributed by atoms with Gasteiger partial charge in [0.1, 0.15) is 17.6 Å². The minimum Gasteiger partial charge on any atom is -0.497 e. The topological polar surface area (TPSA) is 50.8 Å². The van der Waals surface area contributed by atoms with Crippen LogP contribution in [-0.2, 0) is 11.2 Å². The number of carbonyl (C=O) groups is 1. The zero-order chi connectivity index (χ0) is 20.6. The second-order valence-electron chi connectivity index (χ2n) is 7.76. The Morgan fingerprint density at radius 2 is 1.72 bits per heavy atom. The first-order valence-electron chi connectivity index (χ1n) is 10.4. The summed E-state index contributed by atoms with van der Waals surface area (Å²) in [5.41, 5.74) is 3.56. The zero-order valence-electron chi connectivity index (χ0n) is 17.7. The summed E-state index contributed by atoms with van der Waals surface area (Å²) in [4.78, 5) is 14.5. The third-order valence-electron chi connectivity index (χ3n) is 5.49. The molecule has 2 aromatic rings. The van der Waals surface area contributed by atoms with E-state index in [1.165, 1.54) is 16.7 Å². The molecule has 1 fully saturated rings. The lowest BCUT2D eigenvalue weighted by molar-refractivity contribution is -0.122. The SMILES string of the molecule is COc1ccc(CCNC(=O)CN2CCC(Oc3c(C)cccc3C)CC2)cc1. The Bertz CT molecular complexity index is 776. The van der Waals surface area contributed by atoms with Crippen molar-refractivity contribution in [2.45, 2.75) is 39.2 Å². The van der Waals surface area contributed by atoms with E-state index in [2.05, 4.69) is 42.3 Å². The van der Waals surface area contributed by atoms with E-state index < -0.39 is 0 Å². The number of amides is 1. The highest BCUT2D eigenvalue weighted by molar-refractivity contribution is 5.78. The molecule has 3 rings (SSSR count). The molecular weight excluding hydrogens is 364 g/mol. The van der Waals surface area contributed by atoms with Crippen LogP contribution in [0.25, 0.3) is 0 Å². The van der Waals surface area contributed by atoms with Crippen molar-refractivity contribution >= 4 is 5.91 Å². The van der Waals surface area contributed by atoms with Crippen molar-refractivity contribution in [2.24, 2.45) is 0 Å². The van der Waals surface area contributed by atoms with Crippen molar-refractivity contribution in [1.29, 1.82) is 0 Å². The molecule has 0 spiro atoms. The fourth-order valence-electron chi connectivity index (χ4n) is 3.73. The molecule has 1 heterocycles. The van der Waals surface area contributed by atoms with Crippen molar-refractivity contribution in [3.8, 4) is 11.5 Å². The number of likely N-dealkylation sites (tertiary alicyclic amines) is 1. The van der Waals surface area contributed by atoms with Gasteiger partial charge in [-0.2, -0.15) is 0 Å². The van der Waals surface area contributed by atoms with Crippen molar-refractivity contribution in [3.05, 3.63) is 59.2 Å². The molecule has 1 aliphatic rings. The van der Waals surface area contributed by atoms with E-state index in [1.54, 1.807) is 7.11 Å². The molecule has 2 aromatic carbocycles. The molecule has 5 heteroatoms. The number of aryl methyl sites for hydroxylation is 2. The standard InChI is InChI=1S/C24H32N2O3/c1-18-5-4-6-19(2)24(18)29-22-12-15-26(16-13-22)17-23(27)25-14-11-20-7-9-21(28-3)10-8-20/h4-10,22H,11-17H2,1-3H3,(H,25,27). The highest BCUT2D eigenvalue weighted by atomic mass is 16.5. The largest absolute Gasteiger partial charge is 0.497 e. The number of hydrogen-bond donors (Lipinski definition) is 1. The number of ether oxygens (including phenoxy) is 2. The lowest BCUT2D eigenvalue weighted by Crippen LogP contribution is -2.44. The molecule has 1 amide bonds. The zero-order valence-corrected chi connectivity index (χ0v) is 17.7. The van der Waals surface area contributed by atoms with Crippen LogP contribution in [0.15, 0.2) is 42.5 Å². The van der Waals surface area contributed by atoms with Crippen molar-refractivity contribution in [2.75, 3.05) is 33.3 Å². The van der Waals surface area contributed by atoms with E-state index >= 15 is 0 Å². The number of hydrogen-bond acceptors (Lipinski definition) is 4. The molecule has 1 aliphatic heterocycles. The summed E-state index contributed by atoms with van der Waals surface area (Å²) in [5, 5.41) is 3.03. The van der Waals surface area contributed by atoms with Gasteiger partial charge in [0.15, 0.2) is 0 Å². The summed E-state index contributed by atoms with van der Waals surface area (Å²) in [7, 11) is 1.66. The fourth-order valence-corrected chi connectivity index (χ4v) is 3.73. The Labute approximate surface area is 174 Å². The molecule has 156 valence electrons. The number of benzene rings is 2. The normalized spacial score (nSPS) is 15.1. The maximum atomic E-state index is 12.3. The Balaban J connectivity index is 1.36. The molecule has 0 bridgehead atoms. The third-order valence-corrected chi connectivity index (χ3v) is 5.49. The van der Waals surface area contributed by atoms with Gasteiger partial charge in [-0.25, -0.2) is 0 Å². The molecule has 29 heavy (non-hydrogen) atoms. The lowest BCUT2D eigenvalue weighted by atomic mass is 10.1. The van der Waals surface area contributed by atoms with Crippen LogP contribution in [0.5, 0.6) is 11.5 Å². The summed E-state index contributed by atoms with van der Waals surface area (Å²) in [6.45, 7) is 7.07. The van der Waals surface area contributed by atoms with Crippen molar-refractivity contribution in [1.82, 2.24) is 10.2 Å². The third kappa shape index (κ3) is 6.23. The second kappa shape index (κ2) is 10.3. The Hall–Kier alpha value is -2.53. The molecule has 1 saturated heterocycles. The van der Waals surface area contributed by atoms with Crippen LogP contribution in [0.2, 0.25) is 0 Å². The van der Waals surface area contributed by atoms with Crippen molar-refractivity contribution < 1.29 is 14.3 Å². The van der Waals surface area contributed by atoms with Crippen LogP contribution in [0.3, 0.4) is 0 Å². The number of nitrogens with one attached hydrogen (secondary N) is 1. The highest BCUT2D eigenvalue weighted by Crippen LogP contribution is 2.26. The van der Waals surface area contributed by atoms with Gasteiger partial charge in [0.25, 0.3) is 0 Å². The van der Waals surface area contributed by atoms with Gasteiger partial charge in [0.05, 0.1) is 13.7 Å². The average Bonchev–Trinajstić information content (AvgIpc) is 2.72. The second-order valence-corrected chi connectivity index (χ2v) is 7.76. The number of para-hydroxylation sites is 1. The van der Waals surface area contributed by atoms with E-state index in [1.807, 2.05) is 24.3 Å². The van der Waals surface area contributed by atoms with Crippen LogP contribution in [0.1, 0.15) is 29.5 Å². The van der Waals surface area contributed by atoms with E-state index in [0.717, 1.165) is 43.9 Å². The smallest absolute Gasteiger partial charge is 0.234 e. The Morgan fingerprint density at radius 1 is 1.07 bits per heavy atom. The summed E-state index contributed by atoms with van der Waals surface area (Å²) < 4.78 is 11.4. The molecule has 0 unspecified atom stereocenters. The maximum Gasteiger partial charge on any atom is 0.234 e. The van der Waals surface area contributed by atoms with Gasteiger partial charge >= 0.3 is 0 Å². The molecular formula is C24H32N2O3. The first-order valence-corrected chi connectivity index (χ1v) is 10.4. The Kier molecular flexibility index (Phi) is 7.53. The van der Waals surface area contributed by atoms with Gasteiger partial charge in [-0.15, -0.1) is 0 Å². The molecule has 0 aliphatic carbocycles. The monoisotopic (exact) mass is 396 g/mol. The maximum absolute atomic E-state index is 12.3. The number of nitrogens with zero attached hydrogens (tertiary/aromatic N) is 1. The molecule has 1 N–H and O–H groups in total. The van der Waals surface area contributed by atoms with Crippen LogP contribution in [-0.4, -0.2) is 50.2 Å². The molecule has 0 radical (unpaired) electrons. The quantitative estimate of drug-likeness (QED) is 0.742. The molecule has 5 nitrogen and oxygen atoms in total. The average molecular weight is 397 g/mol. The lowest BCUT2D eigenvalue weighted by Gasteiger charge is -2.32. The van der Waals surface area contributed by atoms with E-state index in [-0.39, 0.29) is 12.0 Å². The first kappa shape index (κ1) is 21.2. The van der Waals surface area contributed by atoms with E-state index in [4.69, 9.17) is 9.47 Å². The predicted molar refractivity (Wildman–Crippen MR) is 116 cm³/mol. The highest BCUT2D eigenvalue weighted by Gasteiger charge is 2.22. The summed E-state index contributed by atoms with van der Waals surface area (Å²) >= 11 is 0. The van der Waals surface area contributed by atoms with Gasteiger partial charge < -0.3 is 14.8 Å². The summed E-state index contributed by atoms with van der Waals surface area (Å²) in [5.74, 6) is 1.96.